The van der Waals surface area contributed by atoms with Gasteiger partial charge in [-0.3, -0.25) is 9.59 Å². The molecule has 0 saturated carbocycles. The van der Waals surface area contributed by atoms with Gasteiger partial charge < -0.3 is 24.7 Å². The van der Waals surface area contributed by atoms with Gasteiger partial charge in [-0.2, -0.15) is 0 Å². The molecular formula is C23H29N5O5S2. The first kappa shape index (κ1) is 26.6. The van der Waals surface area contributed by atoms with Crippen molar-refractivity contribution in [1.29, 1.82) is 0 Å². The predicted molar refractivity (Wildman–Crippen MR) is 135 cm³/mol. The van der Waals surface area contributed by atoms with Gasteiger partial charge in [0.15, 0.2) is 16.8 Å². The number of methoxy groups -OCH3 is 1. The van der Waals surface area contributed by atoms with Crippen molar-refractivity contribution >= 4 is 45.8 Å². The normalized spacial score (nSPS) is 15.0. The quantitative estimate of drug-likeness (QED) is 0.261. The number of allylic oxidation sites excluding steroid dienone is 1. The molecule has 2 aromatic rings. The Morgan fingerprint density at radius 2 is 2.09 bits per heavy atom. The van der Waals surface area contributed by atoms with E-state index in [4.69, 9.17) is 9.47 Å². The largest absolute Gasteiger partial charge is 0.462 e. The summed E-state index contributed by atoms with van der Waals surface area (Å²) in [5.74, 6) is -0.292. The number of hydrogen-bond donors (Lipinski definition) is 2. The molecule has 2 N–H and O–H groups in total. The van der Waals surface area contributed by atoms with E-state index >= 15 is 0 Å². The maximum atomic E-state index is 12.7. The van der Waals surface area contributed by atoms with Crippen LogP contribution in [0.2, 0.25) is 0 Å². The predicted octanol–water partition coefficient (Wildman–Crippen LogP) is 3.24. The molecule has 0 spiro atoms. The Bertz CT molecular complexity index is 1170. The standard InChI is InChI=1S/C23H29N5O5S2/c1-6-33-22(31)19-13(2)20(14(3)29)35-21(19)25-18(30)12-34-23-27-26-17(28(23)4)11-24-15-7-9-16(32-5)10-8-15/h7-9,16,24H,6,10-12H2,1-5H3,(H,25,30). The average Bonchev–Trinajstić information content (AvgIpc) is 3.35. The number of carbonyl (C=O) groups is 3. The summed E-state index contributed by atoms with van der Waals surface area (Å²) in [6, 6.07) is 0. The Hall–Kier alpha value is -2.96. The highest BCUT2D eigenvalue weighted by Crippen LogP contribution is 2.34. The van der Waals surface area contributed by atoms with E-state index in [1.807, 2.05) is 23.8 Å². The van der Waals surface area contributed by atoms with Crippen LogP contribution in [0.4, 0.5) is 5.00 Å². The van der Waals surface area contributed by atoms with Crippen LogP contribution in [0.25, 0.3) is 0 Å². The van der Waals surface area contributed by atoms with Crippen LogP contribution in [0.1, 0.15) is 51.7 Å². The summed E-state index contributed by atoms with van der Waals surface area (Å²) >= 11 is 2.30. The van der Waals surface area contributed by atoms with Gasteiger partial charge in [0, 0.05) is 19.9 Å². The topological polar surface area (TPSA) is 124 Å². The first-order valence-electron chi connectivity index (χ1n) is 11.0. The minimum atomic E-state index is -0.567. The molecule has 0 aliphatic heterocycles. The van der Waals surface area contributed by atoms with Crippen molar-refractivity contribution in [2.45, 2.75) is 45.0 Å². The van der Waals surface area contributed by atoms with Gasteiger partial charge in [-0.15, -0.1) is 21.5 Å². The molecule has 1 unspecified atom stereocenters. The van der Waals surface area contributed by atoms with Gasteiger partial charge in [-0.1, -0.05) is 23.9 Å². The molecule has 0 aromatic carbocycles. The summed E-state index contributed by atoms with van der Waals surface area (Å²) in [6.07, 6.45) is 6.95. The smallest absolute Gasteiger partial charge is 0.341 e. The molecule has 12 heteroatoms. The van der Waals surface area contributed by atoms with E-state index in [9.17, 15) is 14.4 Å². The van der Waals surface area contributed by atoms with Gasteiger partial charge in [0.25, 0.3) is 0 Å². The number of rotatable bonds is 11. The number of ether oxygens (including phenoxy) is 2. The Balaban J connectivity index is 1.60. The van der Waals surface area contributed by atoms with Crippen LogP contribution in [0, 0.1) is 6.92 Å². The van der Waals surface area contributed by atoms with Gasteiger partial charge in [-0.25, -0.2) is 4.79 Å². The van der Waals surface area contributed by atoms with E-state index in [-0.39, 0.29) is 35.7 Å². The molecule has 35 heavy (non-hydrogen) atoms. The van der Waals surface area contributed by atoms with Crippen LogP contribution in [-0.2, 0) is 27.9 Å². The molecule has 1 amide bonds. The number of amides is 1. The number of nitrogens with zero attached hydrogens (tertiary/aromatic N) is 3. The van der Waals surface area contributed by atoms with E-state index in [1.165, 1.54) is 18.7 Å². The van der Waals surface area contributed by atoms with E-state index in [1.54, 1.807) is 21.0 Å². The summed E-state index contributed by atoms with van der Waals surface area (Å²) in [6.45, 7) is 5.47. The summed E-state index contributed by atoms with van der Waals surface area (Å²) < 4.78 is 12.2. The number of Topliss-reactive ketones (excluding diaryl/α,β-unsaturated/α-hetero) is 1. The number of hydrogen-bond acceptors (Lipinski definition) is 10. The third-order valence-corrected chi connectivity index (χ3v) is 7.60. The molecule has 2 aromatic heterocycles. The highest BCUT2D eigenvalue weighted by atomic mass is 32.2. The summed E-state index contributed by atoms with van der Waals surface area (Å²) in [4.78, 5) is 37.4. The number of nitrogens with one attached hydrogen (secondary N) is 2. The van der Waals surface area contributed by atoms with E-state index < -0.39 is 5.97 Å². The lowest BCUT2D eigenvalue weighted by molar-refractivity contribution is -0.113. The van der Waals surface area contributed by atoms with Gasteiger partial charge >= 0.3 is 5.97 Å². The van der Waals surface area contributed by atoms with E-state index in [0.717, 1.165) is 29.3 Å². The van der Waals surface area contributed by atoms with Crippen molar-refractivity contribution < 1.29 is 23.9 Å². The van der Waals surface area contributed by atoms with Gasteiger partial charge in [0.05, 0.1) is 35.4 Å². The van der Waals surface area contributed by atoms with Crippen molar-refractivity contribution in [3.05, 3.63) is 45.8 Å². The molecule has 0 fully saturated rings. The van der Waals surface area contributed by atoms with Crippen LogP contribution in [0.15, 0.2) is 29.1 Å². The van der Waals surface area contributed by atoms with Gasteiger partial charge in [0.2, 0.25) is 5.91 Å². The number of esters is 1. The van der Waals surface area contributed by atoms with E-state index in [0.29, 0.717) is 27.1 Å². The lowest BCUT2D eigenvalue weighted by Crippen LogP contribution is -2.19. The maximum absolute atomic E-state index is 12.7. The number of anilines is 1. The Labute approximate surface area is 212 Å². The zero-order valence-corrected chi connectivity index (χ0v) is 22.0. The Kier molecular flexibility index (Phi) is 9.24. The molecule has 0 saturated heterocycles. The molecule has 1 atom stereocenters. The van der Waals surface area contributed by atoms with Crippen molar-refractivity contribution in [3.8, 4) is 0 Å². The minimum Gasteiger partial charge on any atom is -0.462 e. The molecular weight excluding hydrogens is 490 g/mol. The highest BCUT2D eigenvalue weighted by molar-refractivity contribution is 7.99. The molecule has 188 valence electrons. The molecule has 10 nitrogen and oxygen atoms in total. The first-order valence-corrected chi connectivity index (χ1v) is 12.8. The lowest BCUT2D eigenvalue weighted by Gasteiger charge is -2.15. The van der Waals surface area contributed by atoms with Crippen LogP contribution >= 0.6 is 23.1 Å². The molecule has 1 aliphatic rings. The molecule has 3 rings (SSSR count). The molecule has 0 radical (unpaired) electrons. The van der Waals surface area contributed by atoms with Crippen LogP contribution in [0.5, 0.6) is 0 Å². The summed E-state index contributed by atoms with van der Waals surface area (Å²) in [7, 11) is 3.52. The van der Waals surface area contributed by atoms with Crippen molar-refractivity contribution in [3.63, 3.8) is 0 Å². The van der Waals surface area contributed by atoms with Crippen LogP contribution in [-0.4, -0.2) is 58.0 Å². The number of thiophene rings is 1. The number of thioether (sulfide) groups is 1. The third-order valence-electron chi connectivity index (χ3n) is 5.27. The van der Waals surface area contributed by atoms with Crippen LogP contribution in [0.3, 0.4) is 0 Å². The van der Waals surface area contributed by atoms with Crippen LogP contribution < -0.4 is 10.6 Å². The highest BCUT2D eigenvalue weighted by Gasteiger charge is 2.25. The minimum absolute atomic E-state index is 0.0559. The second kappa shape index (κ2) is 12.1. The fourth-order valence-electron chi connectivity index (χ4n) is 3.39. The zero-order chi connectivity index (χ0) is 25.5. The first-order chi connectivity index (χ1) is 16.7. The summed E-state index contributed by atoms with van der Waals surface area (Å²) in [5.41, 5.74) is 1.72. The lowest BCUT2D eigenvalue weighted by atomic mass is 10.1. The SMILES string of the molecule is CCOC(=O)c1c(NC(=O)CSc2nnc(CNC3=CCC(OC)C=C3)n2C)sc(C(C)=O)c1C. The maximum Gasteiger partial charge on any atom is 0.341 e. The Morgan fingerprint density at radius 1 is 1.31 bits per heavy atom. The van der Waals surface area contributed by atoms with Crippen molar-refractivity contribution in [2.75, 3.05) is 24.8 Å². The number of ketones is 1. The second-order valence-corrected chi connectivity index (χ2v) is 9.68. The fourth-order valence-corrected chi connectivity index (χ4v) is 5.23. The van der Waals surface area contributed by atoms with Crippen molar-refractivity contribution in [1.82, 2.24) is 20.1 Å². The zero-order valence-electron chi connectivity index (χ0n) is 20.3. The molecule has 0 bridgehead atoms. The number of carbonyl (C=O) groups excluding carboxylic acids is 3. The molecule has 1 aliphatic carbocycles. The van der Waals surface area contributed by atoms with Gasteiger partial charge in [0.1, 0.15) is 5.00 Å². The monoisotopic (exact) mass is 519 g/mol. The van der Waals surface area contributed by atoms with E-state index in [2.05, 4.69) is 26.9 Å². The molecule has 2 heterocycles. The second-order valence-electron chi connectivity index (χ2n) is 7.71. The fraction of sp³-hybridized carbons (Fsp3) is 0.435. The third kappa shape index (κ3) is 6.59. The number of aromatic nitrogens is 3. The average molecular weight is 520 g/mol. The van der Waals surface area contributed by atoms with Gasteiger partial charge in [-0.05, 0) is 38.8 Å². The van der Waals surface area contributed by atoms with Crippen molar-refractivity contribution in [2.24, 2.45) is 7.05 Å². The summed E-state index contributed by atoms with van der Waals surface area (Å²) in [5, 5.41) is 15.3. The Morgan fingerprint density at radius 3 is 2.71 bits per heavy atom.